The molecule has 0 radical (unpaired) electrons. The number of aromatic hydroxyl groups is 1. The highest BCUT2D eigenvalue weighted by Crippen LogP contribution is 2.59. The minimum absolute atomic E-state index is 0.215. The van der Waals surface area contributed by atoms with Crippen LogP contribution in [0.25, 0.3) is 49.8 Å². The van der Waals surface area contributed by atoms with Crippen LogP contribution in [0.3, 0.4) is 0 Å². The van der Waals surface area contributed by atoms with Gasteiger partial charge in [-0.05, 0) is 65.9 Å². The Balaban J connectivity index is 1.34. The number of rotatable bonds is 7. The minimum atomic E-state index is -0.915. The molecule has 0 saturated carbocycles. The third-order valence-corrected chi connectivity index (χ3v) is 10.4. The van der Waals surface area contributed by atoms with Crippen LogP contribution in [0.1, 0.15) is 29.5 Å². The van der Waals surface area contributed by atoms with Gasteiger partial charge in [0.15, 0.2) is 0 Å². The van der Waals surface area contributed by atoms with Crippen molar-refractivity contribution < 1.29 is 9.84 Å². The second-order valence-corrected chi connectivity index (χ2v) is 13.3. The van der Waals surface area contributed by atoms with E-state index < -0.39 is 5.41 Å². The van der Waals surface area contributed by atoms with Crippen LogP contribution in [0.2, 0.25) is 0 Å². The first-order valence-electron chi connectivity index (χ1n) is 17.9. The van der Waals surface area contributed by atoms with Crippen LogP contribution in [0.5, 0.6) is 17.2 Å². The van der Waals surface area contributed by atoms with Crippen molar-refractivity contribution in [2.45, 2.75) is 18.3 Å². The molecule has 6 aromatic carbocycles. The lowest BCUT2D eigenvalue weighted by atomic mass is 9.65. The second-order valence-electron chi connectivity index (χ2n) is 13.3. The van der Waals surface area contributed by atoms with E-state index >= 15 is 0 Å². The van der Waals surface area contributed by atoms with Gasteiger partial charge in [-0.3, -0.25) is 0 Å². The summed E-state index contributed by atoms with van der Waals surface area (Å²) in [5, 5.41) is 14.1. The predicted octanol–water partition coefficient (Wildman–Crippen LogP) is 12.8. The third-order valence-electron chi connectivity index (χ3n) is 10.4. The Kier molecular flexibility index (Phi) is 7.82. The zero-order valence-electron chi connectivity index (χ0n) is 28.7. The molecule has 7 aromatic rings. The average Bonchev–Trinajstić information content (AvgIpc) is 3.53. The number of ether oxygens (including phenoxy) is 1. The van der Waals surface area contributed by atoms with Gasteiger partial charge in [-0.2, -0.15) is 0 Å². The van der Waals surface area contributed by atoms with E-state index in [0.29, 0.717) is 0 Å². The Morgan fingerprint density at radius 2 is 1.42 bits per heavy atom. The van der Waals surface area contributed by atoms with Gasteiger partial charge in [0.25, 0.3) is 0 Å². The van der Waals surface area contributed by atoms with E-state index in [1.807, 2.05) is 42.5 Å². The van der Waals surface area contributed by atoms with Gasteiger partial charge < -0.3 is 14.4 Å². The number of para-hydroxylation sites is 3. The standard InChI is InChI=1S/C49H37NO2/c1-2-3-4-15-32-49(41-25-12-14-28-45(41)51)42-26-16-24-38(48(42)52-46-29-17-23-37(47(46)49)34-18-7-5-8-19-34)35-30-31-44-40(33-35)39-22-11-13-27-43(39)50(44)36-20-9-6-10-21-36/h2-5,7-9,11-33,51H,1,6,10H2/b4-3-,32-15-. The molecule has 2 heterocycles. The number of hydrogen-bond acceptors (Lipinski definition) is 2. The van der Waals surface area contributed by atoms with E-state index in [1.54, 1.807) is 12.1 Å². The summed E-state index contributed by atoms with van der Waals surface area (Å²) in [5.41, 5.74) is 9.51. The molecule has 0 amide bonds. The summed E-state index contributed by atoms with van der Waals surface area (Å²) in [6.07, 6.45) is 18.9. The van der Waals surface area contributed by atoms with E-state index in [9.17, 15) is 5.11 Å². The number of aromatic nitrogens is 1. The number of benzene rings is 6. The van der Waals surface area contributed by atoms with Crippen molar-refractivity contribution in [2.75, 3.05) is 0 Å². The Morgan fingerprint density at radius 1 is 0.654 bits per heavy atom. The van der Waals surface area contributed by atoms with Crippen LogP contribution < -0.4 is 4.74 Å². The molecule has 250 valence electrons. The lowest BCUT2D eigenvalue weighted by Gasteiger charge is -2.41. The molecule has 52 heavy (non-hydrogen) atoms. The normalized spacial score (nSPS) is 16.6. The van der Waals surface area contributed by atoms with Crippen molar-refractivity contribution in [1.82, 2.24) is 4.57 Å². The monoisotopic (exact) mass is 671 g/mol. The van der Waals surface area contributed by atoms with Crippen molar-refractivity contribution >= 4 is 27.5 Å². The van der Waals surface area contributed by atoms with Crippen molar-refractivity contribution in [3.63, 3.8) is 0 Å². The molecule has 1 aliphatic heterocycles. The minimum Gasteiger partial charge on any atom is -0.508 e. The molecule has 0 spiro atoms. The molecule has 0 fully saturated rings. The number of nitrogens with zero attached hydrogens (tertiary/aromatic N) is 1. The summed E-state index contributed by atoms with van der Waals surface area (Å²) in [4.78, 5) is 0. The Bertz CT molecular complexity index is 2630. The highest BCUT2D eigenvalue weighted by molar-refractivity contribution is 6.11. The molecule has 0 bridgehead atoms. The fourth-order valence-corrected chi connectivity index (χ4v) is 8.19. The van der Waals surface area contributed by atoms with E-state index in [1.165, 1.54) is 27.5 Å². The topological polar surface area (TPSA) is 34.4 Å². The van der Waals surface area contributed by atoms with E-state index in [-0.39, 0.29) is 5.75 Å². The largest absolute Gasteiger partial charge is 0.508 e. The van der Waals surface area contributed by atoms with Gasteiger partial charge in [-0.1, -0.05) is 152 Å². The molecule has 3 nitrogen and oxygen atoms in total. The summed E-state index contributed by atoms with van der Waals surface area (Å²) in [5.74, 6) is 1.73. The Hall–Kier alpha value is -6.58. The Labute approximate surface area is 304 Å². The van der Waals surface area contributed by atoms with Crippen molar-refractivity contribution in [3.05, 3.63) is 205 Å². The van der Waals surface area contributed by atoms with Crippen LogP contribution in [-0.4, -0.2) is 9.67 Å². The molecule has 3 heteroatoms. The van der Waals surface area contributed by atoms with Crippen LogP contribution in [0.4, 0.5) is 0 Å². The summed E-state index contributed by atoms with van der Waals surface area (Å²) in [6.45, 7) is 3.89. The molecule has 1 aliphatic carbocycles. The highest BCUT2D eigenvalue weighted by Gasteiger charge is 2.46. The number of phenols is 1. The van der Waals surface area contributed by atoms with Gasteiger partial charge in [0.2, 0.25) is 0 Å². The first kappa shape index (κ1) is 31.4. The fraction of sp³-hybridized carbons (Fsp3) is 0.0612. The summed E-state index contributed by atoms with van der Waals surface area (Å²) >= 11 is 0. The highest BCUT2D eigenvalue weighted by atomic mass is 16.5. The number of hydrogen-bond donors (Lipinski definition) is 1. The predicted molar refractivity (Wildman–Crippen MR) is 216 cm³/mol. The molecule has 1 aromatic heterocycles. The molecule has 1 unspecified atom stereocenters. The molecule has 9 rings (SSSR count). The van der Waals surface area contributed by atoms with Gasteiger partial charge in [0.05, 0.1) is 16.4 Å². The van der Waals surface area contributed by atoms with Crippen molar-refractivity contribution in [2.24, 2.45) is 0 Å². The van der Waals surface area contributed by atoms with Gasteiger partial charge >= 0.3 is 0 Å². The average molecular weight is 672 g/mol. The summed E-state index contributed by atoms with van der Waals surface area (Å²) in [6, 6.07) is 46.2. The molecular formula is C49H37NO2. The lowest BCUT2D eigenvalue weighted by Crippen LogP contribution is -2.32. The summed E-state index contributed by atoms with van der Waals surface area (Å²) < 4.78 is 9.48. The smallest absolute Gasteiger partial charge is 0.140 e. The number of phenolic OH excluding ortho intramolecular Hbond substituents is 1. The van der Waals surface area contributed by atoms with Crippen molar-refractivity contribution in [1.29, 1.82) is 0 Å². The van der Waals surface area contributed by atoms with E-state index in [4.69, 9.17) is 4.74 Å². The lowest BCUT2D eigenvalue weighted by molar-refractivity contribution is 0.427. The van der Waals surface area contributed by atoms with Crippen LogP contribution in [-0.2, 0) is 5.41 Å². The van der Waals surface area contributed by atoms with Crippen LogP contribution in [0, 0.1) is 0 Å². The van der Waals surface area contributed by atoms with Crippen LogP contribution >= 0.6 is 0 Å². The quantitative estimate of drug-likeness (QED) is 0.171. The molecule has 0 saturated heterocycles. The fourth-order valence-electron chi connectivity index (χ4n) is 8.19. The van der Waals surface area contributed by atoms with Gasteiger partial charge in [0, 0.05) is 38.7 Å². The maximum absolute atomic E-state index is 11.7. The maximum Gasteiger partial charge on any atom is 0.140 e. The SMILES string of the molecule is C=C/C=C\C=C/C1(c2ccccc2O)c2cccc(-c3ccc4c(c3)c3ccccc3n4C3=CCCC=C3)c2Oc2cccc(-c3ccccc3)c21. The first-order chi connectivity index (χ1) is 25.7. The first-order valence-corrected chi connectivity index (χ1v) is 17.9. The van der Waals surface area contributed by atoms with E-state index in [2.05, 4.69) is 139 Å². The van der Waals surface area contributed by atoms with Crippen molar-refractivity contribution in [3.8, 4) is 39.5 Å². The van der Waals surface area contributed by atoms with E-state index in [0.717, 1.165) is 63.3 Å². The van der Waals surface area contributed by atoms with Crippen LogP contribution in [0.15, 0.2) is 189 Å². The zero-order valence-corrected chi connectivity index (χ0v) is 28.7. The molecule has 2 aliphatic rings. The summed E-state index contributed by atoms with van der Waals surface area (Å²) in [7, 11) is 0. The molecule has 1 atom stereocenters. The molecular weight excluding hydrogens is 635 g/mol. The number of fused-ring (bicyclic) bond motifs is 5. The third kappa shape index (κ3) is 4.97. The molecule has 1 N–H and O–H groups in total. The van der Waals surface area contributed by atoms with Gasteiger partial charge in [-0.15, -0.1) is 0 Å². The van der Waals surface area contributed by atoms with Gasteiger partial charge in [0.1, 0.15) is 17.2 Å². The number of allylic oxidation sites excluding steroid dienone is 9. The zero-order chi connectivity index (χ0) is 35.1. The second kappa shape index (κ2) is 12.9. The Morgan fingerprint density at radius 3 is 2.27 bits per heavy atom. The maximum atomic E-state index is 11.7. The van der Waals surface area contributed by atoms with Gasteiger partial charge in [-0.25, -0.2) is 0 Å².